The van der Waals surface area contributed by atoms with E-state index in [1.807, 2.05) is 18.3 Å². The smallest absolute Gasteiger partial charge is 0.308 e. The first-order valence-corrected chi connectivity index (χ1v) is 9.47. The monoisotopic (exact) mass is 417 g/mol. The fraction of sp³-hybridized carbons (Fsp3) is 0.364. The Morgan fingerprint density at radius 3 is 2.38 bits per heavy atom. The molecule has 7 heteroatoms. The number of hydrogen-bond acceptors (Lipinski definition) is 6. The third-order valence-corrected chi connectivity index (χ3v) is 4.69. The van der Waals surface area contributed by atoms with Crippen LogP contribution in [-0.2, 0) is 11.3 Å². The standard InChI is InChI=1S/C22H27N3O3.ClH/c1-17-4-6-19(7-5-17)16-24-10-12-25(13-11-24)23-15-20-8-9-21(28-18(2)26)22(14-20)27-3;/h4-9,14-15H,10-13,16H2,1-3H3;1H/b23-15+;. The largest absolute Gasteiger partial charge is 0.493 e. The molecule has 3 rings (SSSR count). The third kappa shape index (κ3) is 6.76. The van der Waals surface area contributed by atoms with E-state index in [9.17, 15) is 4.79 Å². The Morgan fingerprint density at radius 2 is 1.76 bits per heavy atom. The van der Waals surface area contributed by atoms with Crippen molar-refractivity contribution in [2.45, 2.75) is 20.4 Å². The zero-order valence-electron chi connectivity index (χ0n) is 17.1. The molecule has 0 amide bonds. The van der Waals surface area contributed by atoms with Gasteiger partial charge in [0.15, 0.2) is 11.5 Å². The number of aryl methyl sites for hydroxylation is 1. The number of benzene rings is 2. The van der Waals surface area contributed by atoms with Crippen molar-refractivity contribution in [1.29, 1.82) is 0 Å². The van der Waals surface area contributed by atoms with Gasteiger partial charge in [0, 0.05) is 39.6 Å². The number of methoxy groups -OCH3 is 1. The predicted molar refractivity (Wildman–Crippen MR) is 117 cm³/mol. The summed E-state index contributed by atoms with van der Waals surface area (Å²) in [5.74, 6) is 0.558. The Balaban J connectivity index is 0.00000300. The van der Waals surface area contributed by atoms with Crippen LogP contribution >= 0.6 is 12.4 Å². The van der Waals surface area contributed by atoms with Crippen molar-refractivity contribution in [3.05, 3.63) is 59.2 Å². The lowest BCUT2D eigenvalue weighted by Crippen LogP contribution is -2.43. The number of esters is 1. The summed E-state index contributed by atoms with van der Waals surface area (Å²) in [4.78, 5) is 13.6. The maximum atomic E-state index is 11.1. The second-order valence-electron chi connectivity index (χ2n) is 6.96. The summed E-state index contributed by atoms with van der Waals surface area (Å²) in [6.45, 7) is 8.22. The first-order chi connectivity index (χ1) is 13.5. The molecule has 0 radical (unpaired) electrons. The maximum absolute atomic E-state index is 11.1. The first-order valence-electron chi connectivity index (χ1n) is 9.47. The van der Waals surface area contributed by atoms with Crippen molar-refractivity contribution >= 4 is 24.6 Å². The Morgan fingerprint density at radius 1 is 1.07 bits per heavy atom. The molecule has 0 bridgehead atoms. The number of rotatable bonds is 6. The lowest BCUT2D eigenvalue weighted by molar-refractivity contribution is -0.132. The van der Waals surface area contributed by atoms with Gasteiger partial charge in [0.05, 0.1) is 13.3 Å². The van der Waals surface area contributed by atoms with E-state index in [-0.39, 0.29) is 18.4 Å². The van der Waals surface area contributed by atoms with Crippen molar-refractivity contribution < 1.29 is 14.3 Å². The van der Waals surface area contributed by atoms with Crippen LogP contribution in [0.3, 0.4) is 0 Å². The molecular formula is C22H28ClN3O3. The van der Waals surface area contributed by atoms with Crippen LogP contribution in [0.15, 0.2) is 47.6 Å². The van der Waals surface area contributed by atoms with E-state index in [1.165, 1.54) is 18.1 Å². The Kier molecular flexibility index (Phi) is 8.49. The van der Waals surface area contributed by atoms with Crippen LogP contribution in [0.5, 0.6) is 11.5 Å². The molecule has 1 heterocycles. The van der Waals surface area contributed by atoms with Gasteiger partial charge in [0.1, 0.15) is 0 Å². The molecule has 156 valence electrons. The minimum absolute atomic E-state index is 0. The highest BCUT2D eigenvalue weighted by Gasteiger charge is 2.15. The average Bonchev–Trinajstić information content (AvgIpc) is 2.69. The van der Waals surface area contributed by atoms with Gasteiger partial charge in [-0.15, -0.1) is 12.4 Å². The Bertz CT molecular complexity index is 832. The van der Waals surface area contributed by atoms with Crippen LogP contribution in [0.1, 0.15) is 23.6 Å². The number of piperazine rings is 1. The lowest BCUT2D eigenvalue weighted by Gasteiger charge is -2.33. The SMILES string of the molecule is COc1cc(/C=N/N2CCN(Cc3ccc(C)cc3)CC2)ccc1OC(C)=O.Cl. The topological polar surface area (TPSA) is 54.4 Å². The van der Waals surface area contributed by atoms with Gasteiger partial charge in [-0.05, 0) is 36.2 Å². The van der Waals surface area contributed by atoms with E-state index in [2.05, 4.69) is 46.2 Å². The summed E-state index contributed by atoms with van der Waals surface area (Å²) < 4.78 is 10.4. The molecule has 0 aliphatic carbocycles. The summed E-state index contributed by atoms with van der Waals surface area (Å²) >= 11 is 0. The highest BCUT2D eigenvalue weighted by atomic mass is 35.5. The molecule has 0 unspecified atom stereocenters. The third-order valence-electron chi connectivity index (χ3n) is 4.69. The molecule has 0 saturated carbocycles. The van der Waals surface area contributed by atoms with Gasteiger partial charge in [-0.2, -0.15) is 5.10 Å². The quantitative estimate of drug-likeness (QED) is 0.409. The minimum atomic E-state index is -0.372. The summed E-state index contributed by atoms with van der Waals surface area (Å²) in [5.41, 5.74) is 3.54. The van der Waals surface area contributed by atoms with Crippen molar-refractivity contribution in [2.75, 3.05) is 33.3 Å². The van der Waals surface area contributed by atoms with Crippen LogP contribution in [-0.4, -0.2) is 55.4 Å². The number of halogens is 1. The normalized spacial score (nSPS) is 14.5. The van der Waals surface area contributed by atoms with Gasteiger partial charge in [-0.3, -0.25) is 14.7 Å². The van der Waals surface area contributed by atoms with E-state index < -0.39 is 0 Å². The van der Waals surface area contributed by atoms with E-state index in [0.717, 1.165) is 38.3 Å². The fourth-order valence-corrected chi connectivity index (χ4v) is 3.11. The molecule has 0 N–H and O–H groups in total. The number of nitrogens with zero attached hydrogens (tertiary/aromatic N) is 3. The van der Waals surface area contributed by atoms with Gasteiger partial charge in [-0.1, -0.05) is 29.8 Å². The van der Waals surface area contributed by atoms with Crippen molar-refractivity contribution in [1.82, 2.24) is 9.91 Å². The van der Waals surface area contributed by atoms with Crippen molar-refractivity contribution in [3.8, 4) is 11.5 Å². The molecule has 1 saturated heterocycles. The molecule has 0 aromatic heterocycles. The Hall–Kier alpha value is -2.57. The van der Waals surface area contributed by atoms with Crippen LogP contribution in [0.2, 0.25) is 0 Å². The summed E-state index contributed by atoms with van der Waals surface area (Å²) in [7, 11) is 1.55. The number of carbonyl (C=O) groups is 1. The molecule has 6 nitrogen and oxygen atoms in total. The van der Waals surface area contributed by atoms with E-state index >= 15 is 0 Å². The second kappa shape index (κ2) is 10.8. The van der Waals surface area contributed by atoms with Crippen LogP contribution in [0.25, 0.3) is 0 Å². The van der Waals surface area contributed by atoms with Gasteiger partial charge in [-0.25, -0.2) is 0 Å². The van der Waals surface area contributed by atoms with E-state index in [1.54, 1.807) is 13.2 Å². The zero-order valence-corrected chi connectivity index (χ0v) is 17.9. The molecule has 1 aliphatic heterocycles. The van der Waals surface area contributed by atoms with Crippen LogP contribution in [0.4, 0.5) is 0 Å². The molecule has 2 aromatic carbocycles. The highest BCUT2D eigenvalue weighted by Crippen LogP contribution is 2.27. The fourth-order valence-electron chi connectivity index (χ4n) is 3.11. The van der Waals surface area contributed by atoms with Crippen molar-refractivity contribution in [2.24, 2.45) is 5.10 Å². The molecule has 29 heavy (non-hydrogen) atoms. The molecule has 1 fully saturated rings. The molecular weight excluding hydrogens is 390 g/mol. The minimum Gasteiger partial charge on any atom is -0.493 e. The van der Waals surface area contributed by atoms with Crippen LogP contribution in [0, 0.1) is 6.92 Å². The van der Waals surface area contributed by atoms with Gasteiger partial charge in [0.25, 0.3) is 0 Å². The summed E-state index contributed by atoms with van der Waals surface area (Å²) in [6, 6.07) is 14.1. The zero-order chi connectivity index (χ0) is 19.9. The predicted octanol–water partition coefficient (Wildman–Crippen LogP) is 3.50. The van der Waals surface area contributed by atoms with E-state index in [0.29, 0.717) is 11.5 Å². The van der Waals surface area contributed by atoms with E-state index in [4.69, 9.17) is 9.47 Å². The number of hydrazone groups is 1. The summed E-state index contributed by atoms with van der Waals surface area (Å²) in [6.07, 6.45) is 1.82. The number of carbonyl (C=O) groups excluding carboxylic acids is 1. The maximum Gasteiger partial charge on any atom is 0.308 e. The Labute approximate surface area is 178 Å². The molecule has 0 spiro atoms. The first kappa shape index (κ1) is 22.7. The molecule has 2 aromatic rings. The van der Waals surface area contributed by atoms with Crippen LogP contribution < -0.4 is 9.47 Å². The second-order valence-corrected chi connectivity index (χ2v) is 6.96. The van der Waals surface area contributed by atoms with Gasteiger partial charge in [0.2, 0.25) is 0 Å². The van der Waals surface area contributed by atoms with Gasteiger partial charge >= 0.3 is 5.97 Å². The summed E-state index contributed by atoms with van der Waals surface area (Å²) in [5, 5.41) is 6.67. The molecule has 0 atom stereocenters. The number of ether oxygens (including phenoxy) is 2. The van der Waals surface area contributed by atoms with Crippen molar-refractivity contribution in [3.63, 3.8) is 0 Å². The lowest BCUT2D eigenvalue weighted by atomic mass is 10.1. The number of hydrogen-bond donors (Lipinski definition) is 0. The van der Waals surface area contributed by atoms with Gasteiger partial charge < -0.3 is 9.47 Å². The average molecular weight is 418 g/mol. The highest BCUT2D eigenvalue weighted by molar-refractivity contribution is 5.85. The molecule has 1 aliphatic rings.